The maximum absolute atomic E-state index is 13.9. The number of carbonyl (C=O) groups is 5. The first-order valence-corrected chi connectivity index (χ1v) is 19.5. The number of carbonyl (C=O) groups excluding carboxylic acids is 5. The van der Waals surface area contributed by atoms with Crippen LogP contribution in [0.25, 0.3) is 0 Å². The fraction of sp³-hybridized carbons (Fsp3) is 0.816. The summed E-state index contributed by atoms with van der Waals surface area (Å²) < 4.78 is 42.0. The summed E-state index contributed by atoms with van der Waals surface area (Å²) in [6.07, 6.45) is -9.06. The van der Waals surface area contributed by atoms with E-state index < -0.39 is 138 Å². The van der Waals surface area contributed by atoms with Crippen molar-refractivity contribution >= 4 is 29.8 Å². The Morgan fingerprint density at radius 3 is 1.95 bits per heavy atom. The number of esters is 5. The number of hydrogen-bond acceptors (Lipinski definition) is 18. The van der Waals surface area contributed by atoms with Crippen LogP contribution in [-0.4, -0.2) is 134 Å². The third kappa shape index (κ3) is 7.08. The Morgan fingerprint density at radius 2 is 1.36 bits per heavy atom. The average molecular weight is 796 g/mol. The molecule has 3 aliphatic heterocycles. The van der Waals surface area contributed by atoms with Gasteiger partial charge in [-0.05, 0) is 69.3 Å². The Kier molecular flexibility index (Phi) is 11.0. The maximum atomic E-state index is 13.9. The minimum atomic E-state index is -1.79. The van der Waals surface area contributed by atoms with E-state index in [4.69, 9.17) is 33.2 Å². The van der Waals surface area contributed by atoms with E-state index in [1.165, 1.54) is 27.7 Å². The van der Waals surface area contributed by atoms with Gasteiger partial charge >= 0.3 is 29.8 Å². The minimum Gasteiger partial charge on any atom is -0.459 e. The van der Waals surface area contributed by atoms with Crippen molar-refractivity contribution in [1.82, 2.24) is 5.32 Å². The van der Waals surface area contributed by atoms with Gasteiger partial charge in [-0.15, -0.1) is 0 Å². The fourth-order valence-corrected chi connectivity index (χ4v) is 11.5. The third-order valence-electron chi connectivity index (χ3n) is 13.2. The lowest BCUT2D eigenvalue weighted by atomic mass is 9.48. The number of ether oxygens (including phenoxy) is 7. The summed E-state index contributed by atoms with van der Waals surface area (Å²) >= 11 is 0. The predicted octanol–water partition coefficient (Wildman–Crippen LogP) is -0.614. The summed E-state index contributed by atoms with van der Waals surface area (Å²) in [7, 11) is 0. The Morgan fingerprint density at radius 1 is 0.786 bits per heavy atom. The van der Waals surface area contributed by atoms with E-state index in [1.54, 1.807) is 6.08 Å². The van der Waals surface area contributed by atoms with Gasteiger partial charge in [0.25, 0.3) is 0 Å². The second-order valence-electron chi connectivity index (χ2n) is 16.7. The van der Waals surface area contributed by atoms with Crippen LogP contribution in [-0.2, 0) is 57.1 Å². The van der Waals surface area contributed by atoms with Crippen molar-refractivity contribution < 1.29 is 82.7 Å². The van der Waals surface area contributed by atoms with Crippen LogP contribution in [0.5, 0.6) is 0 Å². The molecule has 7 rings (SSSR count). The van der Waals surface area contributed by atoms with Crippen molar-refractivity contribution in [1.29, 1.82) is 0 Å². The largest absolute Gasteiger partial charge is 0.459 e. The number of hydrogen-bond donors (Lipinski definition) is 6. The maximum Gasteiger partial charge on any atom is 0.306 e. The van der Waals surface area contributed by atoms with Crippen LogP contribution in [0.4, 0.5) is 0 Å². The Bertz CT molecular complexity index is 1620. The lowest BCUT2D eigenvalue weighted by molar-refractivity contribution is -0.343. The molecule has 12 unspecified atom stereocenters. The summed E-state index contributed by atoms with van der Waals surface area (Å²) in [5, 5.41) is 59.0. The number of rotatable bonds is 7. The Hall–Kier alpha value is -3.39. The molecule has 56 heavy (non-hydrogen) atoms. The molecule has 6 fully saturated rings. The molecule has 0 radical (unpaired) electrons. The van der Waals surface area contributed by atoms with Gasteiger partial charge in [0.15, 0.2) is 6.29 Å². The van der Waals surface area contributed by atoms with Crippen molar-refractivity contribution in [3.05, 3.63) is 11.8 Å². The van der Waals surface area contributed by atoms with Crippen molar-refractivity contribution in [2.24, 2.45) is 29.6 Å². The molecule has 3 saturated heterocycles. The van der Waals surface area contributed by atoms with Crippen LogP contribution < -0.4 is 5.32 Å². The average Bonchev–Trinajstić information content (AvgIpc) is 3.41. The molecule has 3 heterocycles. The number of aliphatic hydroxyl groups excluding tert-OH is 4. The van der Waals surface area contributed by atoms with Crippen LogP contribution in [0.3, 0.4) is 0 Å². The molecule has 0 aromatic rings. The topological polar surface area (TPSA) is 263 Å². The molecular weight excluding hydrogens is 742 g/mol. The predicted molar refractivity (Wildman–Crippen MR) is 184 cm³/mol. The quantitative estimate of drug-likeness (QED) is 0.139. The second kappa shape index (κ2) is 15.1. The van der Waals surface area contributed by atoms with Crippen LogP contribution in [0.1, 0.15) is 85.5 Å². The van der Waals surface area contributed by atoms with Crippen LogP contribution in [0.15, 0.2) is 11.8 Å². The lowest BCUT2D eigenvalue weighted by Crippen LogP contribution is -2.70. The van der Waals surface area contributed by atoms with Gasteiger partial charge in [-0.1, -0.05) is 0 Å². The van der Waals surface area contributed by atoms with Crippen molar-refractivity contribution in [3.8, 4) is 0 Å². The molecule has 18 nitrogen and oxygen atoms in total. The second-order valence-corrected chi connectivity index (χ2v) is 16.7. The van der Waals surface area contributed by atoms with Gasteiger partial charge in [-0.2, -0.15) is 0 Å². The van der Waals surface area contributed by atoms with E-state index in [9.17, 15) is 49.5 Å². The molecule has 0 aromatic heterocycles. The molecule has 312 valence electrons. The highest BCUT2D eigenvalue weighted by Gasteiger charge is 2.74. The standard InChI is InChI=1S/C38H53NO17/c1-16(41)50-23-6-8-36(49)14-22-30-29-20(5-9-37(30)34(36)21(13-28(45)55-37)12-26(23)53-19(4)44)11-25(52-18(3)43)24(51-17(2)42)7-10-38(29,39-22)56-35-33(48)32(47)31(46)27(15-40)54-35/h14,20-21,23-27,29-35,39-40,46-49H,5-13,15H2,1-4H3/t20?,21?,23?,24?,25?,26?,27-,29?,30?,31-,32-,33-,34?,35+,36?,37?,38?/m1/s1. The first kappa shape index (κ1) is 40.8. The highest BCUT2D eigenvalue weighted by molar-refractivity contribution is 5.72. The zero-order chi connectivity index (χ0) is 40.5. The van der Waals surface area contributed by atoms with Crippen molar-refractivity contribution in [2.45, 2.75) is 158 Å². The molecular formula is C38H53NO17. The van der Waals surface area contributed by atoms with Gasteiger partial charge in [-0.3, -0.25) is 24.0 Å². The van der Waals surface area contributed by atoms with Crippen molar-refractivity contribution in [3.63, 3.8) is 0 Å². The minimum absolute atomic E-state index is 0.0202. The Labute approximate surface area is 323 Å². The molecule has 17 atom stereocenters. The molecule has 6 N–H and O–H groups in total. The molecule has 0 aromatic carbocycles. The molecule has 7 aliphatic rings. The van der Waals surface area contributed by atoms with E-state index in [1.807, 2.05) is 0 Å². The van der Waals surface area contributed by atoms with E-state index in [0.717, 1.165) is 0 Å². The van der Waals surface area contributed by atoms with E-state index >= 15 is 0 Å². The van der Waals surface area contributed by atoms with Gasteiger partial charge in [-0.25, -0.2) is 0 Å². The molecule has 3 saturated carbocycles. The summed E-state index contributed by atoms with van der Waals surface area (Å²) in [6.45, 7) is 4.28. The van der Waals surface area contributed by atoms with E-state index in [2.05, 4.69) is 5.32 Å². The summed E-state index contributed by atoms with van der Waals surface area (Å²) in [4.78, 5) is 63.2. The molecule has 4 aliphatic carbocycles. The smallest absolute Gasteiger partial charge is 0.306 e. The zero-order valence-corrected chi connectivity index (χ0v) is 31.9. The zero-order valence-electron chi connectivity index (χ0n) is 31.9. The monoisotopic (exact) mass is 795 g/mol. The van der Waals surface area contributed by atoms with Crippen molar-refractivity contribution in [2.75, 3.05) is 6.61 Å². The summed E-state index contributed by atoms with van der Waals surface area (Å²) in [5.74, 6) is -5.97. The van der Waals surface area contributed by atoms with Gasteiger partial charge in [0, 0.05) is 57.6 Å². The fourth-order valence-electron chi connectivity index (χ4n) is 11.5. The first-order chi connectivity index (χ1) is 26.4. The third-order valence-corrected chi connectivity index (χ3v) is 13.2. The van der Waals surface area contributed by atoms with E-state index in [-0.39, 0.29) is 51.4 Å². The molecule has 0 bridgehead atoms. The van der Waals surface area contributed by atoms with Gasteiger partial charge in [0.2, 0.25) is 0 Å². The van der Waals surface area contributed by atoms with Crippen LogP contribution >= 0.6 is 0 Å². The number of aliphatic hydroxyl groups is 5. The normalized spacial score (nSPS) is 46.7. The lowest BCUT2D eigenvalue weighted by Gasteiger charge is -2.62. The summed E-state index contributed by atoms with van der Waals surface area (Å²) in [6, 6.07) is 0. The molecule has 1 spiro atoms. The first-order valence-electron chi connectivity index (χ1n) is 19.5. The highest BCUT2D eigenvalue weighted by atomic mass is 16.7. The molecule has 0 amide bonds. The van der Waals surface area contributed by atoms with Crippen LogP contribution in [0.2, 0.25) is 0 Å². The van der Waals surface area contributed by atoms with Gasteiger partial charge in [0.05, 0.1) is 12.2 Å². The van der Waals surface area contributed by atoms with E-state index in [0.29, 0.717) is 12.1 Å². The summed E-state index contributed by atoms with van der Waals surface area (Å²) in [5.41, 5.74) is -4.08. The Balaban J connectivity index is 1.37. The van der Waals surface area contributed by atoms with Gasteiger partial charge < -0.3 is 64.0 Å². The highest BCUT2D eigenvalue weighted by Crippen LogP contribution is 2.67. The van der Waals surface area contributed by atoms with Crippen LogP contribution in [0, 0.1) is 29.6 Å². The SMILES string of the molecule is CC(=O)OC1CCC2(O[C@@H]3O[C@H](CO)[C@@H](O)[C@@H](O)[C@H]3O)NC3=CC4(O)CCC(OC(C)=O)C(OC(C)=O)CC5CC(=O)OC6(CCC(CC1OC(C)=O)C2C36)C54. The number of nitrogens with one attached hydrogen (secondary N) is 1. The molecule has 18 heteroatoms. The van der Waals surface area contributed by atoms with Gasteiger partial charge in [0.1, 0.15) is 60.2 Å².